The van der Waals surface area contributed by atoms with Gasteiger partial charge in [0.2, 0.25) is 0 Å². The molecule has 3 aliphatic heterocycles. The van der Waals surface area contributed by atoms with Crippen molar-refractivity contribution in [3.8, 4) is 0 Å². The number of rotatable bonds is 2. The largest absolute Gasteiger partial charge is 0.382 e. The van der Waals surface area contributed by atoms with Gasteiger partial charge in [-0.1, -0.05) is 12.2 Å². The fourth-order valence-electron chi connectivity index (χ4n) is 5.36. The Bertz CT molecular complexity index is 1880. The van der Waals surface area contributed by atoms with Crippen molar-refractivity contribution in [2.24, 2.45) is 0 Å². The number of nitrogens with two attached hydrogens (primary N) is 1. The number of ether oxygens (including phenoxy) is 2. The van der Waals surface area contributed by atoms with Gasteiger partial charge in [0.25, 0.3) is 12.1 Å². The predicted octanol–water partition coefficient (Wildman–Crippen LogP) is 1.15. The van der Waals surface area contributed by atoms with Crippen molar-refractivity contribution in [3.63, 3.8) is 0 Å². The van der Waals surface area contributed by atoms with Crippen molar-refractivity contribution in [2.75, 3.05) is 18.9 Å². The lowest BCUT2D eigenvalue weighted by Crippen LogP contribution is -2.34. The molecule has 0 spiro atoms. The van der Waals surface area contributed by atoms with Crippen LogP contribution in [0.1, 0.15) is 12.5 Å². The molecule has 0 bridgehead atoms. The van der Waals surface area contributed by atoms with Crippen LogP contribution >= 0.6 is 25.5 Å². The molecule has 3 fully saturated rings. The van der Waals surface area contributed by atoms with Crippen molar-refractivity contribution in [1.82, 2.24) is 39.0 Å². The number of nitrogens with zero attached hydrogens (tertiary/aromatic N) is 7. The molecule has 43 heavy (non-hydrogen) atoms. The van der Waals surface area contributed by atoms with Crippen LogP contribution in [0.25, 0.3) is 22.3 Å². The van der Waals surface area contributed by atoms with Gasteiger partial charge in [-0.2, -0.15) is 0 Å². The summed E-state index contributed by atoms with van der Waals surface area (Å²) in [5.74, 6) is 0.0545. The summed E-state index contributed by atoms with van der Waals surface area (Å²) >= 11 is 9.34. The van der Waals surface area contributed by atoms with Crippen LogP contribution in [0.2, 0.25) is 0 Å². The average molecular weight is 680 g/mol. The first-order valence-corrected chi connectivity index (χ1v) is 17.9. The van der Waals surface area contributed by atoms with E-state index in [0.29, 0.717) is 0 Å². The number of imidazole rings is 2. The van der Waals surface area contributed by atoms with Crippen molar-refractivity contribution in [1.29, 1.82) is 0 Å². The van der Waals surface area contributed by atoms with Gasteiger partial charge in [-0.3, -0.25) is 23.0 Å². The molecule has 17 nitrogen and oxygen atoms in total. The number of H-pyrrole nitrogens is 1. The quantitative estimate of drug-likeness (QED) is 0.173. The van der Waals surface area contributed by atoms with Crippen LogP contribution in [-0.2, 0) is 39.4 Å². The summed E-state index contributed by atoms with van der Waals surface area (Å²) in [6.07, 6.45) is -6.54. The highest BCUT2D eigenvalue weighted by Crippen LogP contribution is 2.64. The van der Waals surface area contributed by atoms with Gasteiger partial charge >= 0.3 is 6.72 Å². The zero-order valence-corrected chi connectivity index (χ0v) is 24.9. The number of alkyl halides is 2. The van der Waals surface area contributed by atoms with E-state index in [1.807, 2.05) is 0 Å². The highest BCUT2D eigenvalue weighted by molar-refractivity contribution is 8.46. The summed E-state index contributed by atoms with van der Waals surface area (Å²) in [5, 5.41) is 0. The number of nitrogen functional groups attached to an aromatic ring is 1. The Labute approximate surface area is 248 Å². The summed E-state index contributed by atoms with van der Waals surface area (Å²) in [6.45, 7) is -9.70. The Morgan fingerprint density at radius 2 is 1.65 bits per heavy atom. The van der Waals surface area contributed by atoms with Crippen molar-refractivity contribution in [2.45, 2.75) is 48.8 Å². The molecule has 10 atom stereocenters. The minimum absolute atomic E-state index is 0.00805. The lowest BCUT2D eigenvalue weighted by molar-refractivity contribution is -0.0416. The zero-order chi connectivity index (χ0) is 30.3. The molecule has 230 valence electrons. The molecule has 0 radical (unpaired) electrons. The fourth-order valence-corrected chi connectivity index (χ4v) is 9.44. The van der Waals surface area contributed by atoms with E-state index in [2.05, 4.69) is 42.2 Å². The van der Waals surface area contributed by atoms with E-state index in [9.17, 15) is 14.3 Å². The maximum Gasteiger partial charge on any atom is 0.325 e. The molecule has 3 aliphatic rings. The minimum Gasteiger partial charge on any atom is -0.382 e. The lowest BCUT2D eigenvalue weighted by Gasteiger charge is -2.25. The van der Waals surface area contributed by atoms with Crippen LogP contribution in [0.5, 0.6) is 0 Å². The molecule has 0 aromatic carbocycles. The monoisotopic (exact) mass is 679 g/mol. The van der Waals surface area contributed by atoms with Crippen LogP contribution in [-0.4, -0.2) is 93.5 Å². The Morgan fingerprint density at radius 1 is 1.00 bits per heavy atom. The lowest BCUT2D eigenvalue weighted by atomic mass is 10.1. The predicted molar refractivity (Wildman–Crippen MR) is 149 cm³/mol. The highest BCUT2D eigenvalue weighted by Gasteiger charge is 2.57. The van der Waals surface area contributed by atoms with Gasteiger partial charge in [0.05, 0.1) is 38.3 Å². The molecular formula is C20H21F2N9O8P2S2. The van der Waals surface area contributed by atoms with E-state index in [0.717, 1.165) is 23.5 Å². The molecule has 7 heterocycles. The number of thiol groups is 1. The SMILES string of the molecule is Nc1ncnc2c1ncn2C1OC2COP(O)(=S)O[C@@H]3C(COP(=O)(S)[C@H]2[C@H]1F)OC(n1cnc2c(=O)[nH]cnc21)[C@@H]3F. The molecule has 7 rings (SSSR count). The van der Waals surface area contributed by atoms with E-state index < -0.39 is 80.8 Å². The number of hydrogen-bond acceptors (Lipinski definition) is 14. The number of aromatic nitrogens is 8. The standard InChI is InChI=1S/C20H21F2N9O8P2S2/c21-9-13-7(37-19(9)31-6-29-12-17(31)26-4-27-18(12)32)1-35-40(33,42)14-8(2-36-41(34,43)39-13)38-20(10(14)22)30-5-28-11-15(23)24-3-25-16(11)30/h3-10,13-14,19-20H,1-2H2,(H,33,42)(H,34,43)(H2,23,24,25)(H,26,27,32)/t7?,8?,9-,10-,13-,14-,19?,20?,40?,41?/m1/s1. The zero-order valence-electron chi connectivity index (χ0n) is 21.4. The molecule has 23 heteroatoms. The molecule has 0 amide bonds. The van der Waals surface area contributed by atoms with Crippen LogP contribution in [0.15, 0.2) is 30.1 Å². The van der Waals surface area contributed by atoms with Gasteiger partial charge in [-0.25, -0.2) is 33.7 Å². The normalized spacial score (nSPS) is 38.6. The average Bonchev–Trinajstić information content (AvgIpc) is 3.71. The van der Waals surface area contributed by atoms with Gasteiger partial charge in [-0.15, -0.1) is 0 Å². The number of anilines is 1. The Balaban J connectivity index is 1.20. The Hall–Kier alpha value is -2.45. The molecule has 6 unspecified atom stereocenters. The molecule has 4 N–H and O–H groups in total. The first-order valence-electron chi connectivity index (χ1n) is 12.5. The second kappa shape index (κ2) is 10.6. The third-order valence-electron chi connectivity index (χ3n) is 7.32. The third-order valence-corrected chi connectivity index (χ3v) is 11.9. The van der Waals surface area contributed by atoms with E-state index in [1.165, 1.54) is 10.9 Å². The summed E-state index contributed by atoms with van der Waals surface area (Å²) in [6, 6.07) is 0. The second-order valence-electron chi connectivity index (χ2n) is 9.84. The molecule has 4 aromatic rings. The van der Waals surface area contributed by atoms with Crippen molar-refractivity contribution in [3.05, 3.63) is 35.7 Å². The molecule has 0 aliphatic carbocycles. The first kappa shape index (κ1) is 29.3. The van der Waals surface area contributed by atoms with Crippen LogP contribution in [0.3, 0.4) is 0 Å². The van der Waals surface area contributed by atoms with E-state index >= 15 is 8.78 Å². The molecule has 3 saturated heterocycles. The van der Waals surface area contributed by atoms with Gasteiger partial charge < -0.3 is 34.1 Å². The van der Waals surface area contributed by atoms with Gasteiger partial charge in [0.1, 0.15) is 29.7 Å². The minimum atomic E-state index is -4.24. The van der Waals surface area contributed by atoms with E-state index in [1.54, 1.807) is 0 Å². The number of aromatic amines is 1. The second-order valence-corrected chi connectivity index (χ2v) is 16.3. The van der Waals surface area contributed by atoms with Crippen molar-refractivity contribution < 1.29 is 41.3 Å². The maximum absolute atomic E-state index is 16.2. The fraction of sp³-hybridized carbons (Fsp3) is 0.500. The molecule has 0 saturated carbocycles. The summed E-state index contributed by atoms with van der Waals surface area (Å²) < 4.78 is 76.6. The highest BCUT2D eigenvalue weighted by atomic mass is 32.7. The third kappa shape index (κ3) is 4.91. The number of fused-ring (bicyclic) bond motifs is 4. The number of halogens is 2. The van der Waals surface area contributed by atoms with Crippen LogP contribution in [0.4, 0.5) is 14.6 Å². The van der Waals surface area contributed by atoms with Crippen LogP contribution < -0.4 is 11.3 Å². The summed E-state index contributed by atoms with van der Waals surface area (Å²) in [5.41, 5.74) is 4.01. The van der Waals surface area contributed by atoms with Gasteiger partial charge in [0.15, 0.2) is 47.4 Å². The van der Waals surface area contributed by atoms with E-state index in [4.69, 9.17) is 40.6 Å². The summed E-state index contributed by atoms with van der Waals surface area (Å²) in [4.78, 5) is 45.4. The maximum atomic E-state index is 16.2. The first-order chi connectivity index (χ1) is 20.4. The topological polar surface area (TPSA) is 217 Å². The van der Waals surface area contributed by atoms with Gasteiger partial charge in [0, 0.05) is 0 Å². The van der Waals surface area contributed by atoms with E-state index in [-0.39, 0.29) is 28.1 Å². The Kier molecular flexibility index (Phi) is 7.20. The molecular weight excluding hydrogens is 658 g/mol. The van der Waals surface area contributed by atoms with Crippen molar-refractivity contribution >= 4 is 65.5 Å². The van der Waals surface area contributed by atoms with Crippen LogP contribution in [0, 0.1) is 0 Å². The summed E-state index contributed by atoms with van der Waals surface area (Å²) in [7, 11) is 0. The van der Waals surface area contributed by atoms with Gasteiger partial charge in [-0.05, 0) is 11.8 Å². The number of hydrogen-bond donors (Lipinski definition) is 4. The molecule has 4 aromatic heterocycles. The number of nitrogens with one attached hydrogen (secondary N) is 1. The smallest absolute Gasteiger partial charge is 0.325 e. The Morgan fingerprint density at radius 3 is 2.42 bits per heavy atom.